The van der Waals surface area contributed by atoms with E-state index in [1.165, 1.54) is 39.6 Å². The maximum absolute atomic E-state index is 12.9. The van der Waals surface area contributed by atoms with Gasteiger partial charge in [-0.15, -0.1) is 0 Å². The van der Waals surface area contributed by atoms with Crippen molar-refractivity contribution in [3.63, 3.8) is 0 Å². The van der Waals surface area contributed by atoms with E-state index in [1.807, 2.05) is 36.0 Å². The van der Waals surface area contributed by atoms with Gasteiger partial charge in [-0.25, -0.2) is 9.48 Å². The number of anilines is 1. The van der Waals surface area contributed by atoms with E-state index in [1.54, 1.807) is 0 Å². The van der Waals surface area contributed by atoms with Gasteiger partial charge in [0.1, 0.15) is 22.9 Å². The minimum absolute atomic E-state index is 0.0350. The second-order valence-corrected chi connectivity index (χ2v) is 13.3. The van der Waals surface area contributed by atoms with E-state index in [0.717, 1.165) is 50.0 Å². The molecule has 1 aliphatic carbocycles. The molecule has 10 nitrogen and oxygen atoms in total. The highest BCUT2D eigenvalue weighted by molar-refractivity contribution is 5.89. The molecule has 2 amide bonds. The van der Waals surface area contributed by atoms with Gasteiger partial charge in [-0.1, -0.05) is 62.7 Å². The lowest BCUT2D eigenvalue weighted by Gasteiger charge is -2.26. The van der Waals surface area contributed by atoms with E-state index < -0.39 is 0 Å². The zero-order valence-corrected chi connectivity index (χ0v) is 27.5. The van der Waals surface area contributed by atoms with Gasteiger partial charge in [-0.05, 0) is 88.0 Å². The maximum Gasteiger partial charge on any atom is 0.320 e. The lowest BCUT2D eigenvalue weighted by molar-refractivity contribution is 0.247. The molecular weight excluding hydrogens is 576 g/mol. The van der Waals surface area contributed by atoms with Crippen LogP contribution in [0.4, 0.5) is 10.6 Å². The molecular formula is C36H46N8O2. The molecule has 0 radical (unpaired) electrons. The highest BCUT2D eigenvalue weighted by atomic mass is 16.3. The number of fused-ring (bicyclic) bond motifs is 1. The summed E-state index contributed by atoms with van der Waals surface area (Å²) in [4.78, 5) is 15.0. The number of likely N-dealkylation sites (tertiary alicyclic amines) is 1. The molecule has 10 heteroatoms. The topological polar surface area (TPSA) is 135 Å². The fraction of sp³-hybridized carbons (Fsp3) is 0.389. The van der Waals surface area contributed by atoms with Gasteiger partial charge >= 0.3 is 6.03 Å². The maximum atomic E-state index is 12.9. The standard InChI is InChI=1S/C25H30N4O.C11H16N4O/c1-17-12-14-19(15-13-17)29-23(16-22(28-29)25(2,3)4)27-24(30)26-21-11-7-9-18-8-5-6-10-20(18)21;1-14-6-2-3-9(14)11(13)15-7-8(16)4-5-10(15)12/h5-6,8,10,12-16,21H,7,9,11H2,1-4H3,(H2,26,27,30);4-5,7,9,12-13,16H,2-3,6H2,1H3/t21-;9-/m00/s1. The van der Waals surface area contributed by atoms with Gasteiger partial charge in [0.25, 0.3) is 0 Å². The van der Waals surface area contributed by atoms with Gasteiger partial charge in [0, 0.05) is 11.5 Å². The van der Waals surface area contributed by atoms with Crippen molar-refractivity contribution in [1.82, 2.24) is 24.6 Å². The molecule has 0 bridgehead atoms. The average molecular weight is 623 g/mol. The van der Waals surface area contributed by atoms with Crippen LogP contribution < -0.4 is 16.1 Å². The number of hydrogen-bond donors (Lipinski definition) is 5. The van der Waals surface area contributed by atoms with Crippen molar-refractivity contribution in [2.75, 3.05) is 18.9 Å². The van der Waals surface area contributed by atoms with Crippen LogP contribution in [0.15, 0.2) is 72.9 Å². The van der Waals surface area contributed by atoms with Gasteiger partial charge in [-0.2, -0.15) is 5.10 Å². The lowest BCUT2D eigenvalue weighted by Crippen LogP contribution is -2.40. The fourth-order valence-electron chi connectivity index (χ4n) is 6.04. The molecule has 3 heterocycles. The van der Waals surface area contributed by atoms with Crippen LogP contribution in [-0.2, 0) is 11.8 Å². The third-order valence-electron chi connectivity index (χ3n) is 8.70. The van der Waals surface area contributed by atoms with E-state index in [-0.39, 0.29) is 34.8 Å². The summed E-state index contributed by atoms with van der Waals surface area (Å²) in [6.07, 6.45) is 6.56. The molecule has 4 aromatic rings. The summed E-state index contributed by atoms with van der Waals surface area (Å²) in [7, 11) is 1.99. The minimum Gasteiger partial charge on any atom is -0.506 e. The number of urea groups is 1. The number of rotatable bonds is 4. The molecule has 1 fully saturated rings. The van der Waals surface area contributed by atoms with E-state index in [4.69, 9.17) is 15.9 Å². The monoisotopic (exact) mass is 622 g/mol. The second kappa shape index (κ2) is 13.7. The van der Waals surface area contributed by atoms with Crippen LogP contribution in [0.3, 0.4) is 0 Å². The second-order valence-electron chi connectivity index (χ2n) is 13.3. The molecule has 242 valence electrons. The van der Waals surface area contributed by atoms with Crippen molar-refractivity contribution in [2.45, 2.75) is 77.3 Å². The molecule has 0 spiro atoms. The Morgan fingerprint density at radius 1 is 1.02 bits per heavy atom. The van der Waals surface area contributed by atoms with E-state index in [2.05, 4.69) is 73.6 Å². The largest absolute Gasteiger partial charge is 0.506 e. The van der Waals surface area contributed by atoms with Gasteiger partial charge < -0.3 is 10.4 Å². The van der Waals surface area contributed by atoms with Gasteiger partial charge in [0.15, 0.2) is 0 Å². The number of likely N-dealkylation sites (N-methyl/N-ethyl adjacent to an activating group) is 1. The van der Waals surface area contributed by atoms with Crippen molar-refractivity contribution >= 4 is 17.7 Å². The Balaban J connectivity index is 0.000000219. The summed E-state index contributed by atoms with van der Waals surface area (Å²) in [6.45, 7) is 9.41. The summed E-state index contributed by atoms with van der Waals surface area (Å²) in [5, 5.41) is 36.2. The first-order chi connectivity index (χ1) is 21.9. The summed E-state index contributed by atoms with van der Waals surface area (Å²) in [6, 6.07) is 21.3. The number of benzene rings is 2. The number of aromatic hydroxyl groups is 1. The molecule has 6 rings (SSSR count). The first-order valence-corrected chi connectivity index (χ1v) is 16.0. The molecule has 0 unspecified atom stereocenters. The third kappa shape index (κ3) is 7.56. The van der Waals surface area contributed by atoms with Crippen LogP contribution in [0.5, 0.6) is 5.75 Å². The number of pyridine rings is 1. The average Bonchev–Trinajstić information content (AvgIpc) is 3.65. The number of nitrogens with zero attached hydrogens (tertiary/aromatic N) is 4. The molecule has 2 aliphatic rings. The highest BCUT2D eigenvalue weighted by Gasteiger charge is 2.27. The number of amides is 2. The van der Waals surface area contributed by atoms with E-state index >= 15 is 0 Å². The molecule has 2 aromatic carbocycles. The predicted molar refractivity (Wildman–Crippen MR) is 182 cm³/mol. The van der Waals surface area contributed by atoms with Gasteiger partial charge in [0.2, 0.25) is 0 Å². The molecule has 2 atom stereocenters. The first kappa shape index (κ1) is 32.7. The number of carbonyl (C=O) groups excluding carboxylic acids is 1. The van der Waals surface area contributed by atoms with Crippen LogP contribution in [0, 0.1) is 17.7 Å². The van der Waals surface area contributed by atoms with Crippen molar-refractivity contribution in [1.29, 1.82) is 10.8 Å². The highest BCUT2D eigenvalue weighted by Crippen LogP contribution is 2.30. The predicted octanol–water partition coefficient (Wildman–Crippen LogP) is 6.27. The summed E-state index contributed by atoms with van der Waals surface area (Å²) < 4.78 is 3.25. The Morgan fingerprint density at radius 3 is 2.46 bits per heavy atom. The zero-order chi connectivity index (χ0) is 33.0. The zero-order valence-electron chi connectivity index (χ0n) is 27.5. The van der Waals surface area contributed by atoms with Crippen LogP contribution in [0.2, 0.25) is 0 Å². The Bertz CT molecular complexity index is 1750. The molecule has 46 heavy (non-hydrogen) atoms. The van der Waals surface area contributed by atoms with Crippen molar-refractivity contribution in [2.24, 2.45) is 0 Å². The minimum atomic E-state index is -0.203. The first-order valence-electron chi connectivity index (χ1n) is 16.0. The normalized spacial score (nSPS) is 17.8. The van der Waals surface area contributed by atoms with Crippen LogP contribution in [0.25, 0.3) is 5.69 Å². The van der Waals surface area contributed by atoms with Crippen molar-refractivity contribution in [3.05, 3.63) is 101 Å². The number of hydrogen-bond acceptors (Lipinski definition) is 6. The molecule has 0 saturated carbocycles. The molecule has 2 aromatic heterocycles. The lowest BCUT2D eigenvalue weighted by atomic mass is 9.88. The van der Waals surface area contributed by atoms with Crippen LogP contribution in [-0.4, -0.2) is 55.9 Å². The Hall–Kier alpha value is -4.70. The fourth-order valence-corrected chi connectivity index (χ4v) is 6.04. The smallest absolute Gasteiger partial charge is 0.320 e. The quantitative estimate of drug-likeness (QED) is 0.135. The van der Waals surface area contributed by atoms with Crippen LogP contribution in [0.1, 0.15) is 74.9 Å². The summed E-state index contributed by atoms with van der Waals surface area (Å²) >= 11 is 0. The SMILES string of the molecule is CN1CCC[C@H]1C(=N)n1cc(O)ccc1=N.Cc1ccc(-n2nc(C(C)(C)C)cc2NC(=O)N[C@H]2CCCc3ccccc32)cc1. The Kier molecular flexibility index (Phi) is 9.76. The molecule has 5 N–H and O–H groups in total. The van der Waals surface area contributed by atoms with Crippen molar-refractivity contribution < 1.29 is 9.90 Å². The summed E-state index contributed by atoms with van der Waals surface area (Å²) in [5.74, 6) is 1.12. The molecule has 1 saturated heterocycles. The number of aromatic nitrogens is 3. The number of aryl methyl sites for hydroxylation is 2. The third-order valence-corrected chi connectivity index (χ3v) is 8.70. The van der Waals surface area contributed by atoms with Crippen molar-refractivity contribution in [3.8, 4) is 11.4 Å². The Labute approximate surface area is 271 Å². The summed E-state index contributed by atoms with van der Waals surface area (Å²) in [5.41, 5.74) is 5.70. The van der Waals surface area contributed by atoms with E-state index in [0.29, 0.717) is 11.7 Å². The number of carbonyl (C=O) groups is 1. The molecule has 1 aliphatic heterocycles. The Morgan fingerprint density at radius 2 is 1.76 bits per heavy atom. The van der Waals surface area contributed by atoms with Gasteiger partial charge in [-0.3, -0.25) is 25.6 Å². The van der Waals surface area contributed by atoms with E-state index in [9.17, 15) is 9.90 Å². The van der Waals surface area contributed by atoms with Crippen LogP contribution >= 0.6 is 0 Å². The van der Waals surface area contributed by atoms with Gasteiger partial charge in [0.05, 0.1) is 29.7 Å². The number of nitrogens with one attached hydrogen (secondary N) is 4.